The van der Waals surface area contributed by atoms with Crippen LogP contribution in [-0.2, 0) is 11.2 Å². The quantitative estimate of drug-likeness (QED) is 0.301. The molecule has 0 aliphatic carbocycles. The number of hydrogen-bond acceptors (Lipinski definition) is 2. The molecule has 0 aliphatic rings. The van der Waals surface area contributed by atoms with Gasteiger partial charge in [-0.2, -0.15) is 0 Å². The van der Waals surface area contributed by atoms with E-state index in [0.717, 1.165) is 27.6 Å². The summed E-state index contributed by atoms with van der Waals surface area (Å²) in [5, 5.41) is 1.54. The number of carbonyl (C=O) groups excluding carboxylic acids is 1. The maximum atomic E-state index is 13.4. The van der Waals surface area contributed by atoms with E-state index in [9.17, 15) is 4.79 Å². The third-order valence-electron chi connectivity index (χ3n) is 4.66. The van der Waals surface area contributed by atoms with Gasteiger partial charge in [-0.25, -0.2) is 0 Å². The van der Waals surface area contributed by atoms with Gasteiger partial charge in [0.05, 0.1) is 5.52 Å². The van der Waals surface area contributed by atoms with Crippen molar-refractivity contribution in [3.63, 3.8) is 0 Å². The molecule has 0 saturated carbocycles. The van der Waals surface area contributed by atoms with E-state index in [-0.39, 0.29) is 12.2 Å². The number of carbonyl (C=O) groups is 1. The smallest absolute Gasteiger partial charge is 0.167 e. The third kappa shape index (κ3) is 3.88. The van der Waals surface area contributed by atoms with Crippen LogP contribution in [0.2, 0.25) is 5.02 Å². The number of hydrogen-bond donors (Lipinski definition) is 0. The molecule has 0 unspecified atom stereocenters. The van der Waals surface area contributed by atoms with Gasteiger partial charge in [-0.15, -0.1) is 0 Å². The molecule has 2 nitrogen and oxygen atoms in total. The first-order valence-electron chi connectivity index (χ1n) is 9.10. The summed E-state index contributed by atoms with van der Waals surface area (Å²) in [6.07, 6.45) is 3.86. The van der Waals surface area contributed by atoms with Gasteiger partial charge in [0, 0.05) is 34.2 Å². The van der Waals surface area contributed by atoms with Crippen LogP contribution in [0.4, 0.5) is 0 Å². The number of allylic oxidation sites excluding steroid dienone is 1. The molecule has 0 radical (unpaired) electrons. The van der Waals surface area contributed by atoms with E-state index in [2.05, 4.69) is 4.98 Å². The number of nitrogens with zero attached hydrogens (tertiary/aromatic N) is 1. The van der Waals surface area contributed by atoms with Crippen molar-refractivity contribution in [1.29, 1.82) is 0 Å². The summed E-state index contributed by atoms with van der Waals surface area (Å²) in [5.41, 5.74) is 4.07. The number of pyridine rings is 1. The molecule has 0 fully saturated rings. The minimum absolute atomic E-state index is 0.00936. The molecule has 3 aromatic carbocycles. The molecule has 136 valence electrons. The number of ketones is 1. The summed E-state index contributed by atoms with van der Waals surface area (Å²) in [6, 6.07) is 27.2. The largest absolute Gasteiger partial charge is 0.294 e. The first-order valence-corrected chi connectivity index (χ1v) is 9.47. The van der Waals surface area contributed by atoms with Gasteiger partial charge in [0.2, 0.25) is 0 Å². The zero-order valence-electron chi connectivity index (χ0n) is 15.2. The van der Waals surface area contributed by atoms with Gasteiger partial charge in [0.15, 0.2) is 5.78 Å². The van der Waals surface area contributed by atoms with Gasteiger partial charge in [-0.3, -0.25) is 9.78 Å². The number of fused-ring (bicyclic) bond motifs is 1. The monoisotopic (exact) mass is 383 g/mol. The van der Waals surface area contributed by atoms with Gasteiger partial charge < -0.3 is 0 Å². The van der Waals surface area contributed by atoms with Gasteiger partial charge in [0.1, 0.15) is 0 Å². The van der Waals surface area contributed by atoms with Gasteiger partial charge in [-0.1, -0.05) is 84.4 Å². The zero-order chi connectivity index (χ0) is 19.3. The van der Waals surface area contributed by atoms with E-state index in [4.69, 9.17) is 11.6 Å². The maximum Gasteiger partial charge on any atom is 0.167 e. The van der Waals surface area contributed by atoms with Crippen LogP contribution in [-0.4, -0.2) is 10.8 Å². The Balaban J connectivity index is 1.77. The molecule has 0 bridgehead atoms. The van der Waals surface area contributed by atoms with Crippen LogP contribution >= 0.6 is 11.6 Å². The van der Waals surface area contributed by atoms with E-state index >= 15 is 0 Å². The molecule has 0 N–H and O–H groups in total. The summed E-state index contributed by atoms with van der Waals surface area (Å²) in [5.74, 6) is 0.00936. The van der Waals surface area contributed by atoms with Crippen LogP contribution in [0.25, 0.3) is 22.6 Å². The molecular weight excluding hydrogens is 366 g/mol. The summed E-state index contributed by atoms with van der Waals surface area (Å²) < 4.78 is 0. The minimum Gasteiger partial charge on any atom is -0.294 e. The predicted molar refractivity (Wildman–Crippen MR) is 116 cm³/mol. The molecule has 28 heavy (non-hydrogen) atoms. The lowest BCUT2D eigenvalue weighted by molar-refractivity contribution is -0.113. The Morgan fingerprint density at radius 3 is 2.32 bits per heavy atom. The van der Waals surface area contributed by atoms with Crippen LogP contribution in [0.1, 0.15) is 16.7 Å². The fourth-order valence-electron chi connectivity index (χ4n) is 3.26. The van der Waals surface area contributed by atoms with Gasteiger partial charge in [0.25, 0.3) is 0 Å². The lowest BCUT2D eigenvalue weighted by Gasteiger charge is -2.11. The molecule has 0 spiro atoms. The summed E-state index contributed by atoms with van der Waals surface area (Å²) in [6.45, 7) is 0. The Bertz CT molecular complexity index is 1150. The van der Waals surface area contributed by atoms with Crippen molar-refractivity contribution in [1.82, 2.24) is 4.98 Å². The van der Waals surface area contributed by atoms with Crippen molar-refractivity contribution in [2.24, 2.45) is 0 Å². The Kier molecular flexibility index (Phi) is 5.31. The highest BCUT2D eigenvalue weighted by atomic mass is 35.5. The first kappa shape index (κ1) is 18.1. The molecular formula is C25H18ClNO. The molecule has 3 heteroatoms. The second kappa shape index (κ2) is 8.20. The average molecular weight is 384 g/mol. The normalized spacial score (nSPS) is 11.5. The van der Waals surface area contributed by atoms with E-state index in [1.54, 1.807) is 6.20 Å². The topological polar surface area (TPSA) is 30.0 Å². The number of Topliss-reactive ketones (excluding diaryl/α,β-unsaturated/α-hetero) is 1. The van der Waals surface area contributed by atoms with Crippen molar-refractivity contribution >= 4 is 39.9 Å². The van der Waals surface area contributed by atoms with Crippen LogP contribution < -0.4 is 0 Å². The second-order valence-electron chi connectivity index (χ2n) is 6.54. The number of rotatable bonds is 5. The van der Waals surface area contributed by atoms with Crippen LogP contribution in [0.5, 0.6) is 0 Å². The van der Waals surface area contributed by atoms with E-state index in [0.29, 0.717) is 10.6 Å². The average Bonchev–Trinajstić information content (AvgIpc) is 2.75. The second-order valence-corrected chi connectivity index (χ2v) is 6.94. The summed E-state index contributed by atoms with van der Waals surface area (Å²) in [4.78, 5) is 17.8. The molecule has 0 amide bonds. The third-order valence-corrected chi connectivity index (χ3v) is 5.01. The molecule has 4 rings (SSSR count). The van der Waals surface area contributed by atoms with Crippen molar-refractivity contribution in [3.8, 4) is 0 Å². The fraction of sp³-hybridized carbons (Fsp3) is 0.0400. The van der Waals surface area contributed by atoms with Crippen LogP contribution in [0.15, 0.2) is 91.1 Å². The first-order chi connectivity index (χ1) is 13.7. The van der Waals surface area contributed by atoms with E-state index in [1.165, 1.54) is 0 Å². The SMILES string of the molecule is O=C(Cc1c(Cl)ccc2cccnc12)/C(=C/c1ccccc1)c1ccccc1. The van der Waals surface area contributed by atoms with Gasteiger partial charge >= 0.3 is 0 Å². The standard InChI is InChI=1S/C25H18ClNO/c26-23-14-13-20-12-7-15-27-25(20)22(23)17-24(28)21(19-10-5-2-6-11-19)16-18-8-3-1-4-9-18/h1-16H,17H2/b21-16+. The van der Waals surface area contributed by atoms with Crippen molar-refractivity contribution < 1.29 is 4.79 Å². The van der Waals surface area contributed by atoms with E-state index in [1.807, 2.05) is 91.0 Å². The Morgan fingerprint density at radius 2 is 1.57 bits per heavy atom. The van der Waals surface area contributed by atoms with Crippen molar-refractivity contribution in [2.75, 3.05) is 0 Å². The lowest BCUT2D eigenvalue weighted by atomic mass is 9.94. The Hall–Kier alpha value is -3.23. The number of halogens is 1. The molecule has 1 aromatic heterocycles. The summed E-state index contributed by atoms with van der Waals surface area (Å²) >= 11 is 6.45. The van der Waals surface area contributed by atoms with E-state index < -0.39 is 0 Å². The number of aromatic nitrogens is 1. The minimum atomic E-state index is 0.00936. The molecule has 1 heterocycles. The maximum absolute atomic E-state index is 13.4. The molecule has 4 aromatic rings. The Morgan fingerprint density at radius 1 is 0.857 bits per heavy atom. The van der Waals surface area contributed by atoms with Crippen molar-refractivity contribution in [2.45, 2.75) is 6.42 Å². The van der Waals surface area contributed by atoms with Crippen LogP contribution in [0, 0.1) is 0 Å². The Labute approximate surface area is 169 Å². The highest BCUT2D eigenvalue weighted by Crippen LogP contribution is 2.28. The van der Waals surface area contributed by atoms with Gasteiger partial charge in [-0.05, 0) is 29.3 Å². The van der Waals surface area contributed by atoms with Crippen molar-refractivity contribution in [3.05, 3.63) is 113 Å². The van der Waals surface area contributed by atoms with Crippen LogP contribution in [0.3, 0.4) is 0 Å². The molecule has 0 atom stereocenters. The number of benzene rings is 3. The fourth-order valence-corrected chi connectivity index (χ4v) is 3.48. The molecule has 0 aliphatic heterocycles. The summed E-state index contributed by atoms with van der Waals surface area (Å²) in [7, 11) is 0. The highest BCUT2D eigenvalue weighted by molar-refractivity contribution is 6.33. The highest BCUT2D eigenvalue weighted by Gasteiger charge is 2.17. The predicted octanol–water partition coefficient (Wildman–Crippen LogP) is 6.24. The lowest BCUT2D eigenvalue weighted by Crippen LogP contribution is -2.07. The zero-order valence-corrected chi connectivity index (χ0v) is 15.9. The molecule has 0 saturated heterocycles.